The monoisotopic (exact) mass is 247 g/mol. The van der Waals surface area contributed by atoms with Gasteiger partial charge >= 0.3 is 5.97 Å². The van der Waals surface area contributed by atoms with Crippen LogP contribution in [0.4, 0.5) is 0 Å². The van der Waals surface area contributed by atoms with Gasteiger partial charge < -0.3 is 10.4 Å². The molecule has 6 heteroatoms. The Morgan fingerprint density at radius 3 is 2.83 bits per heavy atom. The number of carboxylic acids is 1. The Morgan fingerprint density at radius 1 is 1.44 bits per heavy atom. The van der Waals surface area contributed by atoms with E-state index in [9.17, 15) is 9.59 Å². The zero-order valence-electron chi connectivity index (χ0n) is 10.0. The molecular weight excluding hydrogens is 234 g/mol. The highest BCUT2D eigenvalue weighted by Crippen LogP contribution is 2.18. The number of rotatable bonds is 3. The molecule has 2 aromatic rings. The molecule has 0 bridgehead atoms. The molecule has 94 valence electrons. The zero-order chi connectivity index (χ0) is 13.3. The van der Waals surface area contributed by atoms with E-state index in [-0.39, 0.29) is 0 Å². The Labute approximate surface area is 103 Å². The highest BCUT2D eigenvalue weighted by Gasteiger charge is 2.18. The Balaban J connectivity index is 2.38. The smallest absolute Gasteiger partial charge is 0.325 e. The van der Waals surface area contributed by atoms with Crippen molar-refractivity contribution in [3.63, 3.8) is 0 Å². The number of aryl methyl sites for hydroxylation is 1. The predicted molar refractivity (Wildman–Crippen MR) is 65.4 cm³/mol. The molecule has 0 aliphatic carbocycles. The first-order valence-electron chi connectivity index (χ1n) is 5.46. The van der Waals surface area contributed by atoms with Gasteiger partial charge in [0.15, 0.2) is 0 Å². The number of nitrogens with one attached hydrogen (secondary N) is 2. The van der Waals surface area contributed by atoms with Crippen LogP contribution in [-0.4, -0.2) is 33.2 Å². The number of nitrogens with zero attached hydrogens (tertiary/aromatic N) is 1. The minimum atomic E-state index is -1.07. The van der Waals surface area contributed by atoms with Gasteiger partial charge in [-0.15, -0.1) is 0 Å². The van der Waals surface area contributed by atoms with E-state index in [2.05, 4.69) is 15.5 Å². The largest absolute Gasteiger partial charge is 0.480 e. The van der Waals surface area contributed by atoms with Crippen LogP contribution in [0.25, 0.3) is 10.9 Å². The van der Waals surface area contributed by atoms with Gasteiger partial charge in [-0.2, -0.15) is 5.10 Å². The Hall–Kier alpha value is -2.37. The van der Waals surface area contributed by atoms with E-state index in [0.29, 0.717) is 11.1 Å². The average molecular weight is 247 g/mol. The minimum absolute atomic E-state index is 0.399. The van der Waals surface area contributed by atoms with E-state index in [1.807, 2.05) is 13.0 Å². The molecule has 0 saturated carbocycles. The van der Waals surface area contributed by atoms with Gasteiger partial charge in [-0.05, 0) is 31.5 Å². The number of hydrogen-bond acceptors (Lipinski definition) is 3. The lowest BCUT2D eigenvalue weighted by Gasteiger charge is -2.10. The van der Waals surface area contributed by atoms with E-state index in [1.165, 1.54) is 6.92 Å². The van der Waals surface area contributed by atoms with Crippen LogP contribution in [0.5, 0.6) is 0 Å². The van der Waals surface area contributed by atoms with Crippen molar-refractivity contribution in [2.24, 2.45) is 0 Å². The van der Waals surface area contributed by atoms with Gasteiger partial charge in [-0.25, -0.2) is 0 Å². The highest BCUT2D eigenvalue weighted by atomic mass is 16.4. The van der Waals surface area contributed by atoms with Crippen LogP contribution < -0.4 is 5.32 Å². The number of carbonyl (C=O) groups excluding carboxylic acids is 1. The van der Waals surface area contributed by atoms with Crippen molar-refractivity contribution in [1.29, 1.82) is 0 Å². The van der Waals surface area contributed by atoms with Crippen molar-refractivity contribution in [3.05, 3.63) is 29.5 Å². The normalized spacial score (nSPS) is 12.3. The van der Waals surface area contributed by atoms with Gasteiger partial charge in [-0.1, -0.05) is 0 Å². The molecule has 3 N–H and O–H groups in total. The molecule has 2 rings (SSSR count). The number of aromatic nitrogens is 2. The van der Waals surface area contributed by atoms with Crippen molar-refractivity contribution >= 4 is 22.8 Å². The molecule has 0 aliphatic heterocycles. The lowest BCUT2D eigenvalue weighted by Crippen LogP contribution is -2.38. The summed E-state index contributed by atoms with van der Waals surface area (Å²) in [7, 11) is 0. The zero-order valence-corrected chi connectivity index (χ0v) is 10.0. The molecule has 1 aromatic carbocycles. The van der Waals surface area contributed by atoms with Gasteiger partial charge in [0.25, 0.3) is 5.91 Å². The molecule has 6 nitrogen and oxygen atoms in total. The third kappa shape index (κ3) is 2.17. The summed E-state index contributed by atoms with van der Waals surface area (Å²) in [6, 6.07) is 2.66. The van der Waals surface area contributed by atoms with E-state index in [4.69, 9.17) is 5.11 Å². The van der Waals surface area contributed by atoms with Crippen LogP contribution in [0, 0.1) is 6.92 Å². The van der Waals surface area contributed by atoms with Crippen molar-refractivity contribution in [3.8, 4) is 0 Å². The number of carbonyl (C=O) groups is 2. The van der Waals surface area contributed by atoms with Crippen LogP contribution in [0.3, 0.4) is 0 Å². The quantitative estimate of drug-likeness (QED) is 0.756. The van der Waals surface area contributed by atoms with Crippen LogP contribution >= 0.6 is 0 Å². The van der Waals surface area contributed by atoms with Crippen LogP contribution in [0.1, 0.15) is 22.8 Å². The van der Waals surface area contributed by atoms with Crippen molar-refractivity contribution in [1.82, 2.24) is 15.5 Å². The number of amides is 1. The van der Waals surface area contributed by atoms with Crippen molar-refractivity contribution in [2.75, 3.05) is 0 Å². The van der Waals surface area contributed by atoms with Gasteiger partial charge in [0.05, 0.1) is 17.3 Å². The summed E-state index contributed by atoms with van der Waals surface area (Å²) in [6.45, 7) is 3.28. The fourth-order valence-electron chi connectivity index (χ4n) is 1.72. The SMILES string of the molecule is Cc1cc(C(=O)N[C@@H](C)C(=O)O)c2[nH]ncc2c1. The van der Waals surface area contributed by atoms with E-state index in [1.54, 1.807) is 12.3 Å². The first kappa shape index (κ1) is 12.1. The maximum absolute atomic E-state index is 12.0. The number of hydrogen-bond donors (Lipinski definition) is 3. The molecule has 0 unspecified atom stereocenters. The second kappa shape index (κ2) is 4.48. The molecule has 0 radical (unpaired) electrons. The van der Waals surface area contributed by atoms with E-state index < -0.39 is 17.9 Å². The maximum atomic E-state index is 12.0. The molecule has 0 saturated heterocycles. The summed E-state index contributed by atoms with van der Waals surface area (Å²) < 4.78 is 0. The Morgan fingerprint density at radius 2 is 2.17 bits per heavy atom. The first-order chi connectivity index (χ1) is 8.49. The van der Waals surface area contributed by atoms with E-state index >= 15 is 0 Å². The molecule has 18 heavy (non-hydrogen) atoms. The lowest BCUT2D eigenvalue weighted by atomic mass is 10.1. The highest BCUT2D eigenvalue weighted by molar-refractivity contribution is 6.06. The maximum Gasteiger partial charge on any atom is 0.325 e. The van der Waals surface area contributed by atoms with Crippen LogP contribution in [-0.2, 0) is 4.79 Å². The second-order valence-electron chi connectivity index (χ2n) is 4.18. The van der Waals surface area contributed by atoms with Crippen molar-refractivity contribution in [2.45, 2.75) is 19.9 Å². The third-order valence-electron chi connectivity index (χ3n) is 2.66. The average Bonchev–Trinajstić information content (AvgIpc) is 2.75. The van der Waals surface area contributed by atoms with E-state index in [0.717, 1.165) is 10.9 Å². The summed E-state index contributed by atoms with van der Waals surface area (Å²) in [5.74, 6) is -1.50. The number of aliphatic carboxylic acids is 1. The topological polar surface area (TPSA) is 95.1 Å². The molecule has 1 amide bonds. The molecule has 0 fully saturated rings. The van der Waals surface area contributed by atoms with Crippen molar-refractivity contribution < 1.29 is 14.7 Å². The van der Waals surface area contributed by atoms with Gasteiger partial charge in [0.1, 0.15) is 6.04 Å². The summed E-state index contributed by atoms with van der Waals surface area (Å²) in [5, 5.41) is 18.6. The Kier molecular flexibility index (Phi) is 3.01. The fraction of sp³-hybridized carbons (Fsp3) is 0.250. The summed E-state index contributed by atoms with van der Waals surface area (Å²) in [6.07, 6.45) is 1.62. The van der Waals surface area contributed by atoms with Gasteiger partial charge in [0, 0.05) is 5.39 Å². The summed E-state index contributed by atoms with van der Waals surface area (Å²) >= 11 is 0. The molecule has 0 aliphatic rings. The fourth-order valence-corrected chi connectivity index (χ4v) is 1.72. The summed E-state index contributed by atoms with van der Waals surface area (Å²) in [5.41, 5.74) is 1.92. The van der Waals surface area contributed by atoms with Crippen LogP contribution in [0.15, 0.2) is 18.3 Å². The standard InChI is InChI=1S/C12H13N3O3/c1-6-3-8-5-13-15-10(8)9(4-6)11(16)14-7(2)12(17)18/h3-5,7H,1-2H3,(H,13,15)(H,14,16)(H,17,18)/t7-/m0/s1. The van der Waals surface area contributed by atoms with Crippen LogP contribution in [0.2, 0.25) is 0 Å². The van der Waals surface area contributed by atoms with Gasteiger partial charge in [0.2, 0.25) is 0 Å². The lowest BCUT2D eigenvalue weighted by molar-refractivity contribution is -0.138. The molecular formula is C12H13N3O3. The minimum Gasteiger partial charge on any atom is -0.480 e. The number of benzene rings is 1. The molecule has 0 spiro atoms. The van der Waals surface area contributed by atoms with Gasteiger partial charge in [-0.3, -0.25) is 14.7 Å². The number of aromatic amines is 1. The molecule has 1 aromatic heterocycles. The predicted octanol–water partition coefficient (Wildman–Crippen LogP) is 1.07. The number of fused-ring (bicyclic) bond motifs is 1. The Bertz CT molecular complexity index is 618. The number of carboxylic acid groups (broad SMARTS) is 1. The summed E-state index contributed by atoms with van der Waals surface area (Å²) in [4.78, 5) is 22.7. The first-order valence-corrected chi connectivity index (χ1v) is 5.46. The molecule has 1 atom stereocenters. The third-order valence-corrected chi connectivity index (χ3v) is 2.66. The number of H-pyrrole nitrogens is 1. The molecule has 1 heterocycles. The second-order valence-corrected chi connectivity index (χ2v) is 4.18.